The van der Waals surface area contributed by atoms with Crippen molar-refractivity contribution >= 4 is 17.7 Å². The summed E-state index contributed by atoms with van der Waals surface area (Å²) < 4.78 is 77.7. The van der Waals surface area contributed by atoms with Gasteiger partial charge in [0.25, 0.3) is 5.56 Å². The van der Waals surface area contributed by atoms with E-state index in [0.29, 0.717) is 64.0 Å². The zero-order chi connectivity index (χ0) is 26.1. The molecule has 0 spiro atoms. The highest BCUT2D eigenvalue weighted by Gasteiger charge is 2.37. The third-order valence-electron chi connectivity index (χ3n) is 6.31. The van der Waals surface area contributed by atoms with Crippen molar-refractivity contribution in [3.8, 4) is 0 Å². The minimum absolute atomic E-state index is 0.0382. The number of nitrogens with one attached hydrogen (secondary N) is 1. The zero-order valence-electron chi connectivity index (χ0n) is 18.9. The van der Waals surface area contributed by atoms with Crippen LogP contribution in [0.4, 0.5) is 38.1 Å². The van der Waals surface area contributed by atoms with Crippen molar-refractivity contribution in [1.82, 2.24) is 25.1 Å². The topological polar surface area (TPSA) is 98.3 Å². The van der Waals surface area contributed by atoms with Crippen LogP contribution >= 0.6 is 0 Å². The molecule has 4 rings (SSSR count). The number of piperidine rings is 1. The SMILES string of the molecule is O=C(C[C@H]1CCCCN1c1cc(C(F)(F)F)c(=O)[nH]n1)N1CCN(c2ncc(C(F)(F)F)cn2)CC1. The molecule has 0 radical (unpaired) electrons. The Labute approximate surface area is 201 Å². The number of rotatable bonds is 4. The molecule has 0 unspecified atom stereocenters. The number of anilines is 2. The number of alkyl halides is 6. The summed E-state index contributed by atoms with van der Waals surface area (Å²) >= 11 is 0. The molecule has 2 aromatic heterocycles. The van der Waals surface area contributed by atoms with Crippen molar-refractivity contribution in [3.05, 3.63) is 39.9 Å². The third-order valence-corrected chi connectivity index (χ3v) is 6.31. The van der Waals surface area contributed by atoms with Gasteiger partial charge >= 0.3 is 12.4 Å². The minimum Gasteiger partial charge on any atom is -0.352 e. The Kier molecular flexibility index (Phi) is 7.09. The number of hydrogen-bond acceptors (Lipinski definition) is 7. The Morgan fingerprint density at radius 1 is 0.972 bits per heavy atom. The van der Waals surface area contributed by atoms with Crippen LogP contribution in [0.15, 0.2) is 23.3 Å². The lowest BCUT2D eigenvalue weighted by Gasteiger charge is -2.39. The molecule has 1 atom stereocenters. The molecule has 0 aliphatic carbocycles. The van der Waals surface area contributed by atoms with E-state index < -0.39 is 29.0 Å². The van der Waals surface area contributed by atoms with Gasteiger partial charge in [-0.3, -0.25) is 9.59 Å². The molecule has 2 aliphatic heterocycles. The van der Waals surface area contributed by atoms with Gasteiger partial charge in [0.15, 0.2) is 0 Å². The van der Waals surface area contributed by atoms with Crippen molar-refractivity contribution in [2.24, 2.45) is 0 Å². The molecule has 0 bridgehead atoms. The monoisotopic (exact) mass is 519 g/mol. The van der Waals surface area contributed by atoms with E-state index in [1.807, 2.05) is 5.10 Å². The maximum Gasteiger partial charge on any atom is 0.421 e. The first-order valence-electron chi connectivity index (χ1n) is 11.3. The Bertz CT molecular complexity index is 1130. The summed E-state index contributed by atoms with van der Waals surface area (Å²) in [5.41, 5.74) is -3.62. The zero-order valence-corrected chi connectivity index (χ0v) is 18.9. The molecule has 0 saturated carbocycles. The number of amides is 1. The van der Waals surface area contributed by atoms with Crippen LogP contribution < -0.4 is 15.4 Å². The Morgan fingerprint density at radius 3 is 2.25 bits per heavy atom. The first-order valence-corrected chi connectivity index (χ1v) is 11.3. The highest BCUT2D eigenvalue weighted by Crippen LogP contribution is 2.31. The molecule has 9 nitrogen and oxygen atoms in total. The van der Waals surface area contributed by atoms with E-state index in [4.69, 9.17) is 0 Å². The molecular weight excluding hydrogens is 496 g/mol. The van der Waals surface area contributed by atoms with Gasteiger partial charge in [0, 0.05) is 63.6 Å². The van der Waals surface area contributed by atoms with E-state index in [0.717, 1.165) is 6.42 Å². The predicted octanol–water partition coefficient (Wildman–Crippen LogP) is 2.70. The smallest absolute Gasteiger partial charge is 0.352 e. The van der Waals surface area contributed by atoms with Crippen LogP contribution in [0.2, 0.25) is 0 Å². The first kappa shape index (κ1) is 25.7. The average Bonchev–Trinajstić information content (AvgIpc) is 2.84. The van der Waals surface area contributed by atoms with Gasteiger partial charge in [-0.05, 0) is 19.3 Å². The quantitative estimate of drug-likeness (QED) is 0.621. The second kappa shape index (κ2) is 9.93. The fraction of sp³-hybridized carbons (Fsp3) is 0.571. The van der Waals surface area contributed by atoms with Crippen LogP contribution in [-0.4, -0.2) is 69.7 Å². The molecule has 1 amide bonds. The van der Waals surface area contributed by atoms with E-state index in [9.17, 15) is 35.9 Å². The molecule has 196 valence electrons. The van der Waals surface area contributed by atoms with Gasteiger partial charge in [0.2, 0.25) is 11.9 Å². The number of carbonyl (C=O) groups is 1. The lowest BCUT2D eigenvalue weighted by Crippen LogP contribution is -2.51. The lowest BCUT2D eigenvalue weighted by atomic mass is 9.98. The first-order chi connectivity index (χ1) is 16.9. The van der Waals surface area contributed by atoms with E-state index in [-0.39, 0.29) is 30.1 Å². The van der Waals surface area contributed by atoms with Crippen molar-refractivity contribution < 1.29 is 31.1 Å². The maximum absolute atomic E-state index is 13.2. The summed E-state index contributed by atoms with van der Waals surface area (Å²) in [4.78, 5) is 37.0. The number of nitrogens with zero attached hydrogens (tertiary/aromatic N) is 6. The minimum atomic E-state index is -4.83. The molecule has 36 heavy (non-hydrogen) atoms. The van der Waals surface area contributed by atoms with Gasteiger partial charge in [-0.25, -0.2) is 15.1 Å². The number of halogens is 6. The van der Waals surface area contributed by atoms with Gasteiger partial charge in [-0.15, -0.1) is 0 Å². The van der Waals surface area contributed by atoms with E-state index in [2.05, 4.69) is 15.1 Å². The molecule has 2 fully saturated rings. The predicted molar refractivity (Wildman–Crippen MR) is 115 cm³/mol. The normalized spacial score (nSPS) is 19.5. The fourth-order valence-electron chi connectivity index (χ4n) is 4.38. The molecule has 0 aromatic carbocycles. The standard InChI is InChI=1S/C21H23F6N7O2/c22-20(23,24)13-11-28-19(29-12-13)33-7-5-32(6-8-33)17(35)9-14-3-1-2-4-34(14)16-10-15(21(25,26)27)18(36)31-30-16/h10-12,14H,1-9H2,(H,31,36)/t14-/m1/s1. The van der Waals surface area contributed by atoms with Crippen LogP contribution in [0.3, 0.4) is 0 Å². The number of aromatic amines is 1. The third kappa shape index (κ3) is 5.70. The summed E-state index contributed by atoms with van der Waals surface area (Å²) in [7, 11) is 0. The van der Waals surface area contributed by atoms with Crippen molar-refractivity contribution in [3.63, 3.8) is 0 Å². The van der Waals surface area contributed by atoms with Gasteiger partial charge in [-0.2, -0.15) is 31.4 Å². The lowest BCUT2D eigenvalue weighted by molar-refractivity contribution is -0.139. The van der Waals surface area contributed by atoms with Crippen LogP contribution in [0.5, 0.6) is 0 Å². The van der Waals surface area contributed by atoms with E-state index in [1.54, 1.807) is 14.7 Å². The molecule has 4 heterocycles. The Balaban J connectivity index is 1.38. The fourth-order valence-corrected chi connectivity index (χ4v) is 4.38. The Morgan fingerprint density at radius 2 is 1.64 bits per heavy atom. The summed E-state index contributed by atoms with van der Waals surface area (Å²) in [5.74, 6) is -0.0952. The highest BCUT2D eigenvalue weighted by atomic mass is 19.4. The molecule has 2 aromatic rings. The van der Waals surface area contributed by atoms with Crippen LogP contribution in [-0.2, 0) is 17.1 Å². The number of hydrogen-bond donors (Lipinski definition) is 1. The van der Waals surface area contributed by atoms with E-state index >= 15 is 0 Å². The molecule has 2 saturated heterocycles. The molecule has 15 heteroatoms. The largest absolute Gasteiger partial charge is 0.421 e. The average molecular weight is 519 g/mol. The van der Waals surface area contributed by atoms with Gasteiger partial charge in [-0.1, -0.05) is 0 Å². The molecular formula is C21H23F6N7O2. The summed E-state index contributed by atoms with van der Waals surface area (Å²) in [6.45, 7) is 1.63. The second-order valence-electron chi connectivity index (χ2n) is 8.65. The summed E-state index contributed by atoms with van der Waals surface area (Å²) in [6.07, 6.45) is -5.80. The molecule has 2 aliphatic rings. The van der Waals surface area contributed by atoms with Gasteiger partial charge in [0.1, 0.15) is 11.4 Å². The second-order valence-corrected chi connectivity index (χ2v) is 8.65. The highest BCUT2D eigenvalue weighted by molar-refractivity contribution is 5.77. The summed E-state index contributed by atoms with van der Waals surface area (Å²) in [6, 6.07) is 0.326. The van der Waals surface area contributed by atoms with Crippen molar-refractivity contribution in [1.29, 1.82) is 0 Å². The van der Waals surface area contributed by atoms with E-state index in [1.165, 1.54) is 0 Å². The van der Waals surface area contributed by atoms with Crippen LogP contribution in [0, 0.1) is 0 Å². The Hall–Kier alpha value is -3.39. The maximum atomic E-state index is 13.2. The number of H-pyrrole nitrogens is 1. The number of aromatic nitrogens is 4. The van der Waals surface area contributed by atoms with Crippen LogP contribution in [0.25, 0.3) is 0 Å². The number of piperazine rings is 1. The summed E-state index contributed by atoms with van der Waals surface area (Å²) in [5, 5.41) is 5.68. The van der Waals surface area contributed by atoms with Gasteiger partial charge < -0.3 is 14.7 Å². The van der Waals surface area contributed by atoms with Crippen molar-refractivity contribution in [2.45, 2.75) is 44.1 Å². The number of carbonyl (C=O) groups excluding carboxylic acids is 1. The molecule has 1 N–H and O–H groups in total. The van der Waals surface area contributed by atoms with Crippen LogP contribution in [0.1, 0.15) is 36.8 Å². The van der Waals surface area contributed by atoms with Crippen molar-refractivity contribution in [2.75, 3.05) is 42.5 Å². The van der Waals surface area contributed by atoms with Gasteiger partial charge in [0.05, 0.1) is 5.56 Å².